The first kappa shape index (κ1) is 18.1. The standard InChI is InChI=1S/C14H25O4P/c1-4-12(7-5-6-10-19)14(16)18-9-8-17-13(15)11(2)3/h12H,2,4-10,19H2,1,3H3/p+1. The SMILES string of the molecule is C=C(C)C(=O)OCCOC(=O)C(CC)CCCCP.[H+]. The van der Waals surface area contributed by atoms with Crippen LogP contribution < -0.4 is 0 Å². The summed E-state index contributed by atoms with van der Waals surface area (Å²) in [5.74, 6) is -0.699. The molecule has 4 nitrogen and oxygen atoms in total. The van der Waals surface area contributed by atoms with Gasteiger partial charge in [0.2, 0.25) is 0 Å². The maximum absolute atomic E-state index is 11.8. The van der Waals surface area contributed by atoms with Crippen LogP contribution in [0.25, 0.3) is 0 Å². The van der Waals surface area contributed by atoms with Crippen LogP contribution >= 0.6 is 9.24 Å². The molecule has 0 aromatic rings. The summed E-state index contributed by atoms with van der Waals surface area (Å²) in [5.41, 5.74) is 0.343. The van der Waals surface area contributed by atoms with Gasteiger partial charge in [0, 0.05) is 5.57 Å². The molecule has 0 aliphatic rings. The van der Waals surface area contributed by atoms with E-state index >= 15 is 0 Å². The van der Waals surface area contributed by atoms with E-state index in [0.717, 1.165) is 31.8 Å². The lowest BCUT2D eigenvalue weighted by atomic mass is 10.00. The first-order valence-corrected chi connectivity index (χ1v) is 7.53. The molecule has 2 atom stereocenters. The lowest BCUT2D eigenvalue weighted by Crippen LogP contribution is -2.20. The van der Waals surface area contributed by atoms with Gasteiger partial charge < -0.3 is 9.47 Å². The second-order valence-corrected chi connectivity index (χ2v) is 5.05. The third-order valence-electron chi connectivity index (χ3n) is 2.74. The average Bonchev–Trinajstić information content (AvgIpc) is 2.39. The van der Waals surface area contributed by atoms with Crippen LogP contribution in [0.2, 0.25) is 0 Å². The molecule has 0 radical (unpaired) electrons. The van der Waals surface area contributed by atoms with E-state index < -0.39 is 5.97 Å². The minimum Gasteiger partial charge on any atom is -0.462 e. The van der Waals surface area contributed by atoms with Crippen molar-refractivity contribution in [3.63, 3.8) is 0 Å². The Morgan fingerprint density at radius 3 is 2.42 bits per heavy atom. The second-order valence-electron chi connectivity index (χ2n) is 4.47. The number of carbonyl (C=O) groups is 2. The van der Waals surface area contributed by atoms with E-state index in [1.807, 2.05) is 6.92 Å². The van der Waals surface area contributed by atoms with Crippen molar-refractivity contribution in [1.82, 2.24) is 0 Å². The molecule has 0 rings (SSSR count). The smallest absolute Gasteiger partial charge is 0.462 e. The molecular weight excluding hydrogens is 263 g/mol. The van der Waals surface area contributed by atoms with Gasteiger partial charge in [-0.25, -0.2) is 4.79 Å². The normalized spacial score (nSPS) is 11.7. The minimum absolute atomic E-state index is 0. The van der Waals surface area contributed by atoms with Crippen molar-refractivity contribution in [3.05, 3.63) is 12.2 Å². The van der Waals surface area contributed by atoms with Crippen molar-refractivity contribution < 1.29 is 20.5 Å². The Bertz CT molecular complexity index is 308. The van der Waals surface area contributed by atoms with Crippen LogP contribution in [0, 0.1) is 5.92 Å². The van der Waals surface area contributed by atoms with Gasteiger partial charge in [0.15, 0.2) is 0 Å². The number of esters is 2. The van der Waals surface area contributed by atoms with Crippen LogP contribution in [-0.2, 0) is 19.1 Å². The van der Waals surface area contributed by atoms with Crippen molar-refractivity contribution in [2.45, 2.75) is 39.5 Å². The molecule has 0 bridgehead atoms. The van der Waals surface area contributed by atoms with E-state index in [-0.39, 0.29) is 26.5 Å². The summed E-state index contributed by atoms with van der Waals surface area (Å²) in [4.78, 5) is 22.8. The fraction of sp³-hybridized carbons (Fsp3) is 0.714. The maximum atomic E-state index is 11.8. The molecule has 110 valence electrons. The van der Waals surface area contributed by atoms with Gasteiger partial charge in [-0.1, -0.05) is 19.9 Å². The number of ether oxygens (including phenoxy) is 2. The molecule has 0 fully saturated rings. The topological polar surface area (TPSA) is 52.6 Å². The van der Waals surface area contributed by atoms with Crippen LogP contribution in [-0.4, -0.2) is 31.3 Å². The highest BCUT2D eigenvalue weighted by molar-refractivity contribution is 7.16. The summed E-state index contributed by atoms with van der Waals surface area (Å²) in [6.45, 7) is 7.22. The second kappa shape index (κ2) is 11.0. The molecule has 2 unspecified atom stereocenters. The molecule has 0 aliphatic heterocycles. The van der Waals surface area contributed by atoms with Crippen molar-refractivity contribution in [2.24, 2.45) is 5.92 Å². The molecule has 0 heterocycles. The van der Waals surface area contributed by atoms with E-state index in [1.165, 1.54) is 0 Å². The predicted molar refractivity (Wildman–Crippen MR) is 80.1 cm³/mol. The summed E-state index contributed by atoms with van der Waals surface area (Å²) in [6.07, 6.45) is 4.82. The molecule has 0 aliphatic carbocycles. The van der Waals surface area contributed by atoms with Crippen LogP contribution in [0.5, 0.6) is 0 Å². The quantitative estimate of drug-likeness (QED) is 0.268. The first-order valence-electron chi connectivity index (χ1n) is 6.72. The fourth-order valence-corrected chi connectivity index (χ4v) is 1.83. The molecule has 0 N–H and O–H groups in total. The number of hydrogen-bond acceptors (Lipinski definition) is 4. The van der Waals surface area contributed by atoms with Crippen LogP contribution in [0.15, 0.2) is 12.2 Å². The van der Waals surface area contributed by atoms with Gasteiger partial charge in [0.05, 0.1) is 5.92 Å². The highest BCUT2D eigenvalue weighted by Gasteiger charge is 2.17. The molecule has 19 heavy (non-hydrogen) atoms. The Morgan fingerprint density at radius 1 is 1.26 bits per heavy atom. The Labute approximate surface area is 119 Å². The fourth-order valence-electron chi connectivity index (χ4n) is 1.54. The number of hydrogen-bond donors (Lipinski definition) is 0. The monoisotopic (exact) mass is 289 g/mol. The Kier molecular flexibility index (Phi) is 10.5. The summed E-state index contributed by atoms with van der Waals surface area (Å²) in [7, 11) is 2.68. The first-order chi connectivity index (χ1) is 9.02. The number of unbranched alkanes of at least 4 members (excludes halogenated alkanes) is 1. The molecule has 0 saturated heterocycles. The van der Waals surface area contributed by atoms with E-state index in [4.69, 9.17) is 9.47 Å². The molecule has 0 aromatic carbocycles. The molecule has 0 amide bonds. The third kappa shape index (κ3) is 8.77. The van der Waals surface area contributed by atoms with Gasteiger partial charge in [0.25, 0.3) is 0 Å². The van der Waals surface area contributed by atoms with Gasteiger partial charge in [-0.2, -0.15) is 0 Å². The Balaban J connectivity index is 0. The largest absolute Gasteiger partial charge is 1.00 e. The lowest BCUT2D eigenvalue weighted by Gasteiger charge is -2.14. The zero-order valence-electron chi connectivity index (χ0n) is 12.9. The van der Waals surface area contributed by atoms with E-state index in [0.29, 0.717) is 5.57 Å². The Hall–Kier alpha value is -0.890. The van der Waals surface area contributed by atoms with Gasteiger partial charge in [-0.05, 0) is 32.3 Å². The van der Waals surface area contributed by atoms with Crippen molar-refractivity contribution >= 4 is 21.2 Å². The average molecular weight is 289 g/mol. The molecule has 0 saturated carbocycles. The van der Waals surface area contributed by atoms with Crippen LogP contribution in [0.4, 0.5) is 0 Å². The van der Waals surface area contributed by atoms with E-state index in [1.54, 1.807) is 6.92 Å². The van der Waals surface area contributed by atoms with Crippen LogP contribution in [0.1, 0.15) is 41.0 Å². The van der Waals surface area contributed by atoms with Gasteiger partial charge >= 0.3 is 13.4 Å². The summed E-state index contributed by atoms with van der Waals surface area (Å²) >= 11 is 0. The van der Waals surface area contributed by atoms with E-state index in [2.05, 4.69) is 15.8 Å². The highest BCUT2D eigenvalue weighted by Crippen LogP contribution is 2.15. The van der Waals surface area contributed by atoms with E-state index in [9.17, 15) is 9.59 Å². The zero-order valence-corrected chi connectivity index (χ0v) is 13.1. The minimum atomic E-state index is -0.455. The van der Waals surface area contributed by atoms with Crippen LogP contribution in [0.3, 0.4) is 0 Å². The van der Waals surface area contributed by atoms with Crippen molar-refractivity contribution in [1.29, 1.82) is 0 Å². The molecule has 0 spiro atoms. The molecule has 0 aromatic heterocycles. The van der Waals surface area contributed by atoms with Crippen molar-refractivity contribution in [3.8, 4) is 0 Å². The van der Waals surface area contributed by atoms with Gasteiger partial charge in [-0.15, -0.1) is 9.24 Å². The number of carbonyl (C=O) groups excluding carboxylic acids is 2. The summed E-state index contributed by atoms with van der Waals surface area (Å²) < 4.78 is 9.95. The van der Waals surface area contributed by atoms with Crippen molar-refractivity contribution in [2.75, 3.05) is 19.4 Å². The number of rotatable bonds is 10. The third-order valence-corrected chi connectivity index (χ3v) is 3.15. The van der Waals surface area contributed by atoms with Gasteiger partial charge in [0.1, 0.15) is 13.2 Å². The Morgan fingerprint density at radius 2 is 1.89 bits per heavy atom. The molecule has 5 heteroatoms. The lowest BCUT2D eigenvalue weighted by molar-refractivity contribution is -0.153. The maximum Gasteiger partial charge on any atom is 1.00 e. The summed E-state index contributed by atoms with van der Waals surface area (Å²) in [5, 5.41) is 0. The highest BCUT2D eigenvalue weighted by atomic mass is 31.0. The predicted octanol–water partition coefficient (Wildman–Crippen LogP) is 2.83. The van der Waals surface area contributed by atoms with Gasteiger partial charge in [-0.3, -0.25) is 4.79 Å². The zero-order chi connectivity index (χ0) is 14.7. The summed E-state index contributed by atoms with van der Waals surface area (Å²) in [6, 6.07) is 0. The molecular formula is C14H26O4P+.